The van der Waals surface area contributed by atoms with Gasteiger partial charge in [0.2, 0.25) is 0 Å². The van der Waals surface area contributed by atoms with E-state index < -0.39 is 20.9 Å². The van der Waals surface area contributed by atoms with Crippen molar-refractivity contribution >= 4 is 27.1 Å². The fourth-order valence-corrected chi connectivity index (χ4v) is 4.53. The van der Waals surface area contributed by atoms with Crippen molar-refractivity contribution in [2.75, 3.05) is 6.54 Å². The minimum atomic E-state index is -3.88. The van der Waals surface area contributed by atoms with E-state index in [1.54, 1.807) is 23.6 Å². The van der Waals surface area contributed by atoms with Gasteiger partial charge in [-0.1, -0.05) is 6.07 Å². The van der Waals surface area contributed by atoms with Crippen LogP contribution < -0.4 is 5.32 Å². The summed E-state index contributed by atoms with van der Waals surface area (Å²) in [6.45, 7) is -0.163. The molecule has 2 heterocycles. The molecule has 1 atom stereocenters. The maximum atomic E-state index is 13.1. The van der Waals surface area contributed by atoms with Crippen LogP contribution in [0.25, 0.3) is 0 Å². The van der Waals surface area contributed by atoms with Crippen molar-refractivity contribution in [3.05, 3.63) is 76.6 Å². The molecule has 8 heteroatoms. The second-order valence-corrected chi connectivity index (χ2v) is 8.27. The Morgan fingerprint density at radius 2 is 1.92 bits per heavy atom. The van der Waals surface area contributed by atoms with Gasteiger partial charge < -0.3 is 9.73 Å². The standard InChI is InChI=1S/C17H14FNO4S2/c18-12-5-7-13(8-6-12)25(21,22)16(14-3-1-9-23-14)11-19-17(20)15-4-2-10-24-15/h1-10,16H,11H2,(H,19,20)/t16-/m0/s1. The number of hydrogen-bond donors (Lipinski definition) is 1. The quantitative estimate of drug-likeness (QED) is 0.666. The van der Waals surface area contributed by atoms with Crippen LogP contribution in [0.5, 0.6) is 0 Å². The lowest BCUT2D eigenvalue weighted by molar-refractivity contribution is 0.0957. The Balaban J connectivity index is 1.87. The molecule has 130 valence electrons. The number of furan rings is 1. The van der Waals surface area contributed by atoms with E-state index >= 15 is 0 Å². The highest BCUT2D eigenvalue weighted by atomic mass is 32.2. The average molecular weight is 379 g/mol. The van der Waals surface area contributed by atoms with Crippen LogP contribution in [0.15, 0.2) is 69.5 Å². The van der Waals surface area contributed by atoms with E-state index in [0.717, 1.165) is 12.1 Å². The number of nitrogens with one attached hydrogen (secondary N) is 1. The molecule has 0 spiro atoms. The topological polar surface area (TPSA) is 76.4 Å². The van der Waals surface area contributed by atoms with Crippen LogP contribution >= 0.6 is 11.3 Å². The molecular formula is C17H14FNO4S2. The molecule has 0 bridgehead atoms. The van der Waals surface area contributed by atoms with E-state index in [1.807, 2.05) is 0 Å². The van der Waals surface area contributed by atoms with Gasteiger partial charge in [-0.25, -0.2) is 12.8 Å². The summed E-state index contributed by atoms with van der Waals surface area (Å²) in [5.74, 6) is -0.684. The van der Waals surface area contributed by atoms with Crippen molar-refractivity contribution < 1.29 is 22.0 Å². The number of amides is 1. The van der Waals surface area contributed by atoms with Crippen molar-refractivity contribution in [3.8, 4) is 0 Å². The number of thiophene rings is 1. The minimum Gasteiger partial charge on any atom is -0.468 e. The van der Waals surface area contributed by atoms with Crippen molar-refractivity contribution in [1.82, 2.24) is 5.32 Å². The van der Waals surface area contributed by atoms with Crippen LogP contribution in [0.4, 0.5) is 4.39 Å². The zero-order valence-electron chi connectivity index (χ0n) is 12.9. The third-order valence-electron chi connectivity index (χ3n) is 3.57. The molecule has 1 N–H and O–H groups in total. The first-order valence-corrected chi connectivity index (χ1v) is 9.75. The molecule has 0 radical (unpaired) electrons. The Bertz CT molecular complexity index is 933. The summed E-state index contributed by atoms with van der Waals surface area (Å²) in [6.07, 6.45) is 1.36. The van der Waals surface area contributed by atoms with Crippen LogP contribution in [0.2, 0.25) is 0 Å². The fraction of sp³-hybridized carbons (Fsp3) is 0.118. The van der Waals surface area contributed by atoms with Crippen LogP contribution in [-0.2, 0) is 9.84 Å². The van der Waals surface area contributed by atoms with Gasteiger partial charge in [0.25, 0.3) is 5.91 Å². The molecule has 0 saturated heterocycles. The molecule has 0 saturated carbocycles. The summed E-state index contributed by atoms with van der Waals surface area (Å²) in [4.78, 5) is 12.6. The van der Waals surface area contributed by atoms with Gasteiger partial charge in [0.1, 0.15) is 16.8 Å². The van der Waals surface area contributed by atoms with Crippen LogP contribution in [0.1, 0.15) is 20.7 Å². The second kappa shape index (κ2) is 7.20. The van der Waals surface area contributed by atoms with Crippen LogP contribution in [0, 0.1) is 5.82 Å². The molecule has 0 unspecified atom stereocenters. The number of benzene rings is 1. The predicted molar refractivity (Wildman–Crippen MR) is 91.7 cm³/mol. The van der Waals surface area contributed by atoms with Crippen molar-refractivity contribution in [2.45, 2.75) is 10.1 Å². The Hall–Kier alpha value is -2.45. The number of carbonyl (C=O) groups excluding carboxylic acids is 1. The van der Waals surface area contributed by atoms with Crippen molar-refractivity contribution in [3.63, 3.8) is 0 Å². The van der Waals surface area contributed by atoms with Gasteiger partial charge in [0, 0.05) is 6.54 Å². The first kappa shape index (κ1) is 17.4. The highest BCUT2D eigenvalue weighted by Crippen LogP contribution is 2.29. The molecule has 3 aromatic rings. The molecule has 2 aromatic heterocycles. The first-order chi connectivity index (χ1) is 12.0. The molecule has 0 aliphatic heterocycles. The van der Waals surface area contributed by atoms with E-state index in [1.165, 1.54) is 35.8 Å². The third-order valence-corrected chi connectivity index (χ3v) is 6.52. The van der Waals surface area contributed by atoms with Gasteiger partial charge in [-0.2, -0.15) is 0 Å². The molecule has 5 nitrogen and oxygen atoms in total. The number of sulfone groups is 1. The average Bonchev–Trinajstić information content (AvgIpc) is 3.29. The van der Waals surface area contributed by atoms with E-state index in [4.69, 9.17) is 4.42 Å². The summed E-state index contributed by atoms with van der Waals surface area (Å²) in [6, 6.07) is 11.0. The number of carbonyl (C=O) groups is 1. The van der Waals surface area contributed by atoms with Gasteiger partial charge in [0.15, 0.2) is 9.84 Å². The summed E-state index contributed by atoms with van der Waals surface area (Å²) in [7, 11) is -3.88. The maximum Gasteiger partial charge on any atom is 0.261 e. The van der Waals surface area contributed by atoms with Crippen LogP contribution in [0.3, 0.4) is 0 Å². The molecule has 25 heavy (non-hydrogen) atoms. The smallest absolute Gasteiger partial charge is 0.261 e. The zero-order chi connectivity index (χ0) is 17.9. The normalized spacial score (nSPS) is 12.7. The Morgan fingerprint density at radius 3 is 2.52 bits per heavy atom. The minimum absolute atomic E-state index is 0.0410. The highest BCUT2D eigenvalue weighted by molar-refractivity contribution is 7.91. The predicted octanol–water partition coefficient (Wildman–Crippen LogP) is 3.43. The van der Waals surface area contributed by atoms with Crippen molar-refractivity contribution in [1.29, 1.82) is 0 Å². The van der Waals surface area contributed by atoms with Gasteiger partial charge in [-0.3, -0.25) is 4.79 Å². The van der Waals surface area contributed by atoms with E-state index in [0.29, 0.717) is 4.88 Å². The first-order valence-electron chi connectivity index (χ1n) is 7.33. The Labute approximate surface area is 148 Å². The lowest BCUT2D eigenvalue weighted by Gasteiger charge is -2.16. The SMILES string of the molecule is O=C(NC[C@@H](c1ccco1)S(=O)(=O)c1ccc(F)cc1)c1cccs1. The third kappa shape index (κ3) is 3.80. The molecule has 0 fully saturated rings. The Morgan fingerprint density at radius 1 is 1.16 bits per heavy atom. The number of hydrogen-bond acceptors (Lipinski definition) is 5. The lowest BCUT2D eigenvalue weighted by atomic mass is 10.3. The Kier molecular flexibility index (Phi) is 5.00. The highest BCUT2D eigenvalue weighted by Gasteiger charge is 2.32. The zero-order valence-corrected chi connectivity index (χ0v) is 14.5. The van der Waals surface area contributed by atoms with Crippen molar-refractivity contribution in [2.24, 2.45) is 0 Å². The van der Waals surface area contributed by atoms with Gasteiger partial charge in [-0.15, -0.1) is 11.3 Å². The van der Waals surface area contributed by atoms with Gasteiger partial charge in [-0.05, 0) is 47.8 Å². The summed E-state index contributed by atoms with van der Waals surface area (Å²) in [5.41, 5.74) is 0. The van der Waals surface area contributed by atoms with E-state index in [-0.39, 0.29) is 23.1 Å². The molecule has 0 aliphatic rings. The molecule has 1 aromatic carbocycles. The number of halogens is 1. The molecule has 0 aliphatic carbocycles. The van der Waals surface area contributed by atoms with E-state index in [9.17, 15) is 17.6 Å². The summed E-state index contributed by atoms with van der Waals surface area (Å²) < 4.78 is 44.2. The van der Waals surface area contributed by atoms with E-state index in [2.05, 4.69) is 5.32 Å². The van der Waals surface area contributed by atoms with Gasteiger partial charge >= 0.3 is 0 Å². The monoisotopic (exact) mass is 379 g/mol. The summed E-state index contributed by atoms with van der Waals surface area (Å²) >= 11 is 1.26. The molecule has 1 amide bonds. The number of rotatable bonds is 6. The lowest BCUT2D eigenvalue weighted by Crippen LogP contribution is -2.31. The molecule has 3 rings (SSSR count). The largest absolute Gasteiger partial charge is 0.468 e. The maximum absolute atomic E-state index is 13.1. The van der Waals surface area contributed by atoms with Gasteiger partial charge in [0.05, 0.1) is 16.0 Å². The fourth-order valence-electron chi connectivity index (χ4n) is 2.31. The van der Waals surface area contributed by atoms with Crippen LogP contribution in [-0.4, -0.2) is 20.9 Å². The molecular weight excluding hydrogens is 365 g/mol. The second-order valence-electron chi connectivity index (χ2n) is 5.19. The summed E-state index contributed by atoms with van der Waals surface area (Å²) in [5, 5.41) is 3.26.